The smallest absolute Gasteiger partial charge is 0.318 e. The van der Waals surface area contributed by atoms with Crippen LogP contribution in [0.25, 0.3) is 0 Å². The molecule has 0 bridgehead atoms. The molecule has 1 heterocycles. The summed E-state index contributed by atoms with van der Waals surface area (Å²) in [4.78, 5) is 14.3. The standard InChI is InChI=1S/C16H24N2O3S/c1-4-5-8-17-16(19)18-9-10-22-15(18)13-11-12(20-2)6-7-14(13)21-3/h6-7,11,15H,4-5,8-10H2,1-3H3,(H,17,19). The first-order valence-corrected chi connectivity index (χ1v) is 8.64. The number of urea groups is 1. The molecule has 1 aliphatic heterocycles. The number of unbranched alkanes of at least 4 members (excludes halogenated alkanes) is 1. The molecule has 1 N–H and O–H groups in total. The van der Waals surface area contributed by atoms with Gasteiger partial charge >= 0.3 is 6.03 Å². The van der Waals surface area contributed by atoms with Gasteiger partial charge in [-0.15, -0.1) is 11.8 Å². The van der Waals surface area contributed by atoms with E-state index in [0.717, 1.165) is 48.7 Å². The summed E-state index contributed by atoms with van der Waals surface area (Å²) in [5, 5.41) is 2.96. The average Bonchev–Trinajstić information content (AvgIpc) is 3.03. The van der Waals surface area contributed by atoms with Gasteiger partial charge in [-0.2, -0.15) is 0 Å². The third-order valence-corrected chi connectivity index (χ3v) is 4.90. The molecule has 1 aliphatic rings. The van der Waals surface area contributed by atoms with Crippen LogP contribution in [0.1, 0.15) is 30.7 Å². The second-order valence-electron chi connectivity index (χ2n) is 5.11. The Morgan fingerprint density at radius 2 is 2.23 bits per heavy atom. The number of hydrogen-bond acceptors (Lipinski definition) is 4. The van der Waals surface area contributed by atoms with Crippen LogP contribution in [-0.2, 0) is 0 Å². The van der Waals surface area contributed by atoms with Crippen LogP contribution in [0.15, 0.2) is 18.2 Å². The van der Waals surface area contributed by atoms with Crippen LogP contribution in [0.5, 0.6) is 11.5 Å². The number of thioether (sulfide) groups is 1. The number of ether oxygens (including phenoxy) is 2. The number of rotatable bonds is 6. The van der Waals surface area contributed by atoms with Crippen molar-refractivity contribution in [3.8, 4) is 11.5 Å². The molecule has 1 aromatic carbocycles. The van der Waals surface area contributed by atoms with E-state index >= 15 is 0 Å². The Hall–Kier alpha value is -1.56. The van der Waals surface area contributed by atoms with E-state index in [1.54, 1.807) is 26.0 Å². The molecule has 0 aliphatic carbocycles. The number of hydrogen-bond donors (Lipinski definition) is 1. The third-order valence-electron chi connectivity index (χ3n) is 3.66. The number of methoxy groups -OCH3 is 2. The van der Waals surface area contributed by atoms with E-state index in [2.05, 4.69) is 12.2 Å². The van der Waals surface area contributed by atoms with Gasteiger partial charge in [-0.05, 0) is 24.6 Å². The van der Waals surface area contributed by atoms with Crippen LogP contribution in [0.4, 0.5) is 4.79 Å². The van der Waals surface area contributed by atoms with Crippen molar-refractivity contribution in [3.63, 3.8) is 0 Å². The largest absolute Gasteiger partial charge is 0.497 e. The first kappa shape index (κ1) is 16.8. The summed E-state index contributed by atoms with van der Waals surface area (Å²) >= 11 is 1.75. The Morgan fingerprint density at radius 3 is 2.91 bits per heavy atom. The number of benzene rings is 1. The first-order valence-electron chi connectivity index (χ1n) is 7.59. The second-order valence-corrected chi connectivity index (χ2v) is 6.30. The molecule has 0 saturated carbocycles. The fourth-order valence-corrected chi connectivity index (χ4v) is 3.71. The first-order chi connectivity index (χ1) is 10.7. The van der Waals surface area contributed by atoms with Gasteiger partial charge in [-0.3, -0.25) is 0 Å². The lowest BCUT2D eigenvalue weighted by atomic mass is 10.1. The van der Waals surface area contributed by atoms with Crippen molar-refractivity contribution < 1.29 is 14.3 Å². The van der Waals surface area contributed by atoms with E-state index in [1.165, 1.54) is 0 Å². The van der Waals surface area contributed by atoms with Crippen molar-refractivity contribution >= 4 is 17.8 Å². The fourth-order valence-electron chi connectivity index (χ4n) is 2.44. The van der Waals surface area contributed by atoms with E-state index in [0.29, 0.717) is 0 Å². The van der Waals surface area contributed by atoms with Crippen LogP contribution in [0.2, 0.25) is 0 Å². The van der Waals surface area contributed by atoms with Gasteiger partial charge in [-0.1, -0.05) is 13.3 Å². The summed E-state index contributed by atoms with van der Waals surface area (Å²) in [6.07, 6.45) is 2.07. The summed E-state index contributed by atoms with van der Waals surface area (Å²) in [5.74, 6) is 2.48. The number of carbonyl (C=O) groups is 1. The summed E-state index contributed by atoms with van der Waals surface area (Å²) in [5.41, 5.74) is 0.981. The van der Waals surface area contributed by atoms with E-state index < -0.39 is 0 Å². The molecule has 2 rings (SSSR count). The zero-order chi connectivity index (χ0) is 15.9. The van der Waals surface area contributed by atoms with Gasteiger partial charge in [0.25, 0.3) is 0 Å². The van der Waals surface area contributed by atoms with E-state index in [9.17, 15) is 4.79 Å². The van der Waals surface area contributed by atoms with Crippen molar-refractivity contribution in [2.24, 2.45) is 0 Å². The van der Waals surface area contributed by atoms with Crippen molar-refractivity contribution in [1.29, 1.82) is 0 Å². The second kappa shape index (κ2) is 8.17. The van der Waals surface area contributed by atoms with Gasteiger partial charge in [0.1, 0.15) is 16.9 Å². The fraction of sp³-hybridized carbons (Fsp3) is 0.562. The molecule has 2 amide bonds. The van der Waals surface area contributed by atoms with Crippen LogP contribution in [-0.4, -0.2) is 44.0 Å². The van der Waals surface area contributed by atoms with Gasteiger partial charge in [0.2, 0.25) is 0 Å². The van der Waals surface area contributed by atoms with E-state index in [4.69, 9.17) is 9.47 Å². The molecule has 0 spiro atoms. The quantitative estimate of drug-likeness (QED) is 0.816. The van der Waals surface area contributed by atoms with E-state index in [1.807, 2.05) is 23.1 Å². The Kier molecular flexibility index (Phi) is 6.24. The third kappa shape index (κ3) is 3.80. The molecule has 1 fully saturated rings. The molecule has 1 unspecified atom stereocenters. The highest BCUT2D eigenvalue weighted by Crippen LogP contribution is 2.43. The molecule has 1 aromatic rings. The summed E-state index contributed by atoms with van der Waals surface area (Å²) in [6, 6.07) is 5.70. The Bertz CT molecular complexity index is 510. The SMILES string of the molecule is CCCCNC(=O)N1CCSC1c1cc(OC)ccc1OC. The highest BCUT2D eigenvalue weighted by molar-refractivity contribution is 7.99. The minimum absolute atomic E-state index is 0.00618. The van der Waals surface area contributed by atoms with Crippen molar-refractivity contribution in [2.45, 2.75) is 25.1 Å². The molecule has 5 nitrogen and oxygen atoms in total. The van der Waals surface area contributed by atoms with Crippen LogP contribution in [0, 0.1) is 0 Å². The zero-order valence-electron chi connectivity index (χ0n) is 13.4. The van der Waals surface area contributed by atoms with Crippen LogP contribution in [0.3, 0.4) is 0 Å². The molecule has 0 aromatic heterocycles. The Balaban J connectivity index is 2.17. The van der Waals surface area contributed by atoms with Crippen molar-refractivity contribution in [1.82, 2.24) is 10.2 Å². The predicted octanol–water partition coefficient (Wildman–Crippen LogP) is 3.26. The molecular formula is C16H24N2O3S. The summed E-state index contributed by atoms with van der Waals surface area (Å²) in [6.45, 7) is 3.58. The maximum atomic E-state index is 12.4. The average molecular weight is 324 g/mol. The predicted molar refractivity (Wildman–Crippen MR) is 89.8 cm³/mol. The molecule has 1 atom stereocenters. The van der Waals surface area contributed by atoms with Crippen molar-refractivity contribution in [3.05, 3.63) is 23.8 Å². The normalized spacial score (nSPS) is 17.4. The number of nitrogens with one attached hydrogen (secondary N) is 1. The topological polar surface area (TPSA) is 50.8 Å². The van der Waals surface area contributed by atoms with Gasteiger partial charge in [0.05, 0.1) is 14.2 Å². The number of nitrogens with zero attached hydrogens (tertiary/aromatic N) is 1. The minimum atomic E-state index is -0.0355. The van der Waals surface area contributed by atoms with Gasteiger partial charge in [0, 0.05) is 24.4 Å². The molecule has 22 heavy (non-hydrogen) atoms. The lowest BCUT2D eigenvalue weighted by Gasteiger charge is -2.26. The minimum Gasteiger partial charge on any atom is -0.497 e. The molecule has 6 heteroatoms. The van der Waals surface area contributed by atoms with Crippen molar-refractivity contribution in [2.75, 3.05) is 33.1 Å². The Labute approximate surface area is 136 Å². The Morgan fingerprint density at radius 1 is 1.41 bits per heavy atom. The molecule has 0 radical (unpaired) electrons. The lowest BCUT2D eigenvalue weighted by molar-refractivity contribution is 0.199. The maximum absolute atomic E-state index is 12.4. The van der Waals surface area contributed by atoms with Crippen LogP contribution >= 0.6 is 11.8 Å². The van der Waals surface area contributed by atoms with Gasteiger partial charge in [-0.25, -0.2) is 4.79 Å². The highest BCUT2D eigenvalue weighted by atomic mass is 32.2. The van der Waals surface area contributed by atoms with Gasteiger partial charge < -0.3 is 19.7 Å². The number of amides is 2. The summed E-state index contributed by atoms with van der Waals surface area (Å²) < 4.78 is 10.8. The van der Waals surface area contributed by atoms with Crippen LogP contribution < -0.4 is 14.8 Å². The van der Waals surface area contributed by atoms with Gasteiger partial charge in [0.15, 0.2) is 0 Å². The molecule has 1 saturated heterocycles. The molecular weight excluding hydrogens is 300 g/mol. The monoisotopic (exact) mass is 324 g/mol. The zero-order valence-corrected chi connectivity index (χ0v) is 14.2. The maximum Gasteiger partial charge on any atom is 0.318 e. The van der Waals surface area contributed by atoms with E-state index in [-0.39, 0.29) is 11.4 Å². The lowest BCUT2D eigenvalue weighted by Crippen LogP contribution is -2.39. The highest BCUT2D eigenvalue weighted by Gasteiger charge is 2.32. The summed E-state index contributed by atoms with van der Waals surface area (Å²) in [7, 11) is 3.29. The molecule has 122 valence electrons. The number of carbonyl (C=O) groups excluding carboxylic acids is 1.